The minimum atomic E-state index is -0.228. The van der Waals surface area contributed by atoms with Crippen molar-refractivity contribution in [3.63, 3.8) is 0 Å². The third-order valence-corrected chi connectivity index (χ3v) is 5.29. The largest absolute Gasteiger partial charge is 0.336 e. The monoisotopic (exact) mass is 374 g/mol. The minimum Gasteiger partial charge on any atom is -0.336 e. The first-order valence-electron chi connectivity index (χ1n) is 9.61. The lowest BCUT2D eigenvalue weighted by Crippen LogP contribution is -2.49. The summed E-state index contributed by atoms with van der Waals surface area (Å²) < 4.78 is 13.4. The molecule has 1 atom stereocenters. The summed E-state index contributed by atoms with van der Waals surface area (Å²) in [4.78, 5) is 17.0. The second-order valence-electron chi connectivity index (χ2n) is 7.06. The Morgan fingerprint density at radius 3 is 1.86 bits per heavy atom. The molecule has 4 rings (SSSR count). The highest BCUT2D eigenvalue weighted by molar-refractivity contribution is 5.94. The number of hydrogen-bond donors (Lipinski definition) is 0. The van der Waals surface area contributed by atoms with Crippen molar-refractivity contribution >= 4 is 5.91 Å². The van der Waals surface area contributed by atoms with Gasteiger partial charge in [-0.05, 0) is 35.4 Å². The molecule has 28 heavy (non-hydrogen) atoms. The maximum atomic E-state index is 13.4. The van der Waals surface area contributed by atoms with Crippen molar-refractivity contribution in [1.29, 1.82) is 0 Å². The third kappa shape index (κ3) is 3.97. The summed E-state index contributed by atoms with van der Waals surface area (Å²) in [6.45, 7) is 2.90. The second-order valence-corrected chi connectivity index (χ2v) is 7.06. The van der Waals surface area contributed by atoms with Crippen LogP contribution in [-0.2, 0) is 0 Å². The number of carbonyl (C=O) groups is 1. The minimum absolute atomic E-state index is 0.0516. The lowest BCUT2D eigenvalue weighted by molar-refractivity contribution is 0.0597. The summed E-state index contributed by atoms with van der Waals surface area (Å²) >= 11 is 0. The van der Waals surface area contributed by atoms with E-state index in [-0.39, 0.29) is 17.8 Å². The number of halogens is 1. The molecule has 1 aliphatic heterocycles. The Morgan fingerprint density at radius 1 is 0.714 bits per heavy atom. The number of carbonyl (C=O) groups excluding carboxylic acids is 1. The zero-order valence-corrected chi connectivity index (χ0v) is 15.7. The smallest absolute Gasteiger partial charge is 0.253 e. The van der Waals surface area contributed by atoms with Crippen molar-refractivity contribution in [3.8, 4) is 0 Å². The van der Waals surface area contributed by atoms with Crippen molar-refractivity contribution in [1.82, 2.24) is 9.80 Å². The third-order valence-electron chi connectivity index (χ3n) is 5.29. The number of benzene rings is 3. The predicted octanol–water partition coefficient (Wildman–Crippen LogP) is 4.37. The maximum absolute atomic E-state index is 13.4. The second kappa shape index (κ2) is 8.36. The zero-order valence-electron chi connectivity index (χ0n) is 15.7. The molecular formula is C24H23FN2O. The van der Waals surface area contributed by atoms with Gasteiger partial charge in [0.15, 0.2) is 0 Å². The summed E-state index contributed by atoms with van der Waals surface area (Å²) in [5.74, 6) is -0.146. The quantitative estimate of drug-likeness (QED) is 0.677. The van der Waals surface area contributed by atoms with Crippen LogP contribution in [0, 0.1) is 5.82 Å². The fourth-order valence-corrected chi connectivity index (χ4v) is 3.84. The molecule has 1 heterocycles. The lowest BCUT2D eigenvalue weighted by atomic mass is 9.96. The fraction of sp³-hybridized carbons (Fsp3) is 0.208. The van der Waals surface area contributed by atoms with Crippen LogP contribution in [-0.4, -0.2) is 41.9 Å². The number of nitrogens with zero attached hydrogens (tertiary/aromatic N) is 2. The van der Waals surface area contributed by atoms with E-state index in [1.54, 1.807) is 0 Å². The molecule has 0 aliphatic carbocycles. The van der Waals surface area contributed by atoms with Crippen molar-refractivity contribution in [3.05, 3.63) is 107 Å². The number of piperazine rings is 1. The molecule has 0 unspecified atom stereocenters. The van der Waals surface area contributed by atoms with Gasteiger partial charge in [-0.3, -0.25) is 9.69 Å². The predicted molar refractivity (Wildman–Crippen MR) is 109 cm³/mol. The molecule has 4 heteroatoms. The Kier molecular flexibility index (Phi) is 5.49. The first-order chi connectivity index (χ1) is 13.7. The van der Waals surface area contributed by atoms with Crippen LogP contribution in [0.15, 0.2) is 84.9 Å². The van der Waals surface area contributed by atoms with Crippen molar-refractivity contribution in [2.24, 2.45) is 0 Å². The van der Waals surface area contributed by atoms with Gasteiger partial charge in [-0.25, -0.2) is 4.39 Å². The van der Waals surface area contributed by atoms with Crippen LogP contribution in [0.25, 0.3) is 0 Å². The molecule has 0 aromatic heterocycles. The summed E-state index contributed by atoms with van der Waals surface area (Å²) in [5.41, 5.74) is 2.97. The zero-order chi connectivity index (χ0) is 19.3. The average molecular weight is 374 g/mol. The van der Waals surface area contributed by atoms with E-state index >= 15 is 0 Å². The molecule has 1 amide bonds. The molecule has 0 radical (unpaired) electrons. The first kappa shape index (κ1) is 18.4. The van der Waals surface area contributed by atoms with Gasteiger partial charge in [0.05, 0.1) is 6.04 Å². The van der Waals surface area contributed by atoms with Crippen LogP contribution < -0.4 is 0 Å². The van der Waals surface area contributed by atoms with Crippen molar-refractivity contribution in [2.75, 3.05) is 26.2 Å². The van der Waals surface area contributed by atoms with Gasteiger partial charge in [0, 0.05) is 31.7 Å². The number of amides is 1. The van der Waals surface area contributed by atoms with E-state index in [9.17, 15) is 9.18 Å². The topological polar surface area (TPSA) is 23.6 Å². The highest BCUT2D eigenvalue weighted by Crippen LogP contribution is 2.30. The summed E-state index contributed by atoms with van der Waals surface area (Å²) in [5, 5.41) is 0. The summed E-state index contributed by atoms with van der Waals surface area (Å²) in [7, 11) is 0. The molecule has 3 nitrogen and oxygen atoms in total. The fourth-order valence-electron chi connectivity index (χ4n) is 3.84. The average Bonchev–Trinajstić information content (AvgIpc) is 2.77. The van der Waals surface area contributed by atoms with Crippen LogP contribution >= 0.6 is 0 Å². The van der Waals surface area contributed by atoms with E-state index in [1.165, 1.54) is 17.7 Å². The number of hydrogen-bond acceptors (Lipinski definition) is 2. The van der Waals surface area contributed by atoms with Gasteiger partial charge in [-0.15, -0.1) is 0 Å². The standard InChI is InChI=1S/C24H23FN2O/c25-22-13-11-20(12-14-22)23(19-7-3-1-4-8-19)26-15-17-27(18-16-26)24(28)21-9-5-2-6-10-21/h1-14,23H,15-18H2/t23-/m1/s1. The molecule has 1 aliphatic rings. The summed E-state index contributed by atoms with van der Waals surface area (Å²) in [6, 6.07) is 26.5. The SMILES string of the molecule is O=C(c1ccccc1)N1CCN([C@H](c2ccccc2)c2ccc(F)cc2)CC1. The highest BCUT2D eigenvalue weighted by Gasteiger charge is 2.28. The Hall–Kier alpha value is -2.98. The molecular weight excluding hydrogens is 351 g/mol. The van der Waals surface area contributed by atoms with Gasteiger partial charge in [0.2, 0.25) is 0 Å². The summed E-state index contributed by atoms with van der Waals surface area (Å²) in [6.07, 6.45) is 0. The lowest BCUT2D eigenvalue weighted by Gasteiger charge is -2.39. The molecule has 0 spiro atoms. The molecule has 3 aromatic carbocycles. The van der Waals surface area contributed by atoms with Crippen LogP contribution in [0.4, 0.5) is 4.39 Å². The van der Waals surface area contributed by atoms with Gasteiger partial charge in [0.1, 0.15) is 5.82 Å². The van der Waals surface area contributed by atoms with Crippen LogP contribution in [0.1, 0.15) is 27.5 Å². The van der Waals surface area contributed by atoms with E-state index in [4.69, 9.17) is 0 Å². The molecule has 0 saturated carbocycles. The van der Waals surface area contributed by atoms with E-state index < -0.39 is 0 Å². The Morgan fingerprint density at radius 2 is 1.25 bits per heavy atom. The van der Waals surface area contributed by atoms with Gasteiger partial charge >= 0.3 is 0 Å². The van der Waals surface area contributed by atoms with Crippen LogP contribution in [0.5, 0.6) is 0 Å². The van der Waals surface area contributed by atoms with E-state index in [0.717, 1.165) is 24.2 Å². The van der Waals surface area contributed by atoms with Gasteiger partial charge in [-0.1, -0.05) is 60.7 Å². The maximum Gasteiger partial charge on any atom is 0.253 e. The van der Waals surface area contributed by atoms with Crippen LogP contribution in [0.3, 0.4) is 0 Å². The molecule has 3 aromatic rings. The van der Waals surface area contributed by atoms with Crippen LogP contribution in [0.2, 0.25) is 0 Å². The normalized spacial score (nSPS) is 16.0. The Labute approximate surface area is 165 Å². The highest BCUT2D eigenvalue weighted by atomic mass is 19.1. The Balaban J connectivity index is 1.53. The molecule has 142 valence electrons. The van der Waals surface area contributed by atoms with Gasteiger partial charge < -0.3 is 4.90 Å². The van der Waals surface area contributed by atoms with Gasteiger partial charge in [-0.2, -0.15) is 0 Å². The van der Waals surface area contributed by atoms with Gasteiger partial charge in [0.25, 0.3) is 5.91 Å². The molecule has 1 saturated heterocycles. The first-order valence-corrected chi connectivity index (χ1v) is 9.61. The molecule has 0 bridgehead atoms. The van der Waals surface area contributed by atoms with Crippen molar-refractivity contribution < 1.29 is 9.18 Å². The Bertz CT molecular complexity index is 904. The van der Waals surface area contributed by atoms with E-state index in [0.29, 0.717) is 13.1 Å². The van der Waals surface area contributed by atoms with E-state index in [2.05, 4.69) is 17.0 Å². The number of rotatable bonds is 4. The molecule has 0 N–H and O–H groups in total. The van der Waals surface area contributed by atoms with Crippen molar-refractivity contribution in [2.45, 2.75) is 6.04 Å². The molecule has 1 fully saturated rings. The van der Waals surface area contributed by atoms with E-state index in [1.807, 2.05) is 65.6 Å².